The standard InChI is InChI=1S/C17H17N4OS/c18-16(22)15-12-5-6-19-17(12)20-9-13(15)14-4-3-11(23-14)10-21-7-1-2-8-21/h3-4,6,9H,1-2,7-8,10H2,(H2,18,22)(H,19,20). The Morgan fingerprint density at radius 3 is 3.00 bits per heavy atom. The molecule has 23 heavy (non-hydrogen) atoms. The highest BCUT2D eigenvalue weighted by Gasteiger charge is 2.18. The number of pyridine rings is 1. The fraction of sp³-hybridized carbons (Fsp3) is 0.294. The van der Waals surface area contributed by atoms with Crippen LogP contribution < -0.4 is 5.73 Å². The summed E-state index contributed by atoms with van der Waals surface area (Å²) < 4.78 is 0. The predicted octanol–water partition coefficient (Wildman–Crippen LogP) is 2.79. The molecular weight excluding hydrogens is 308 g/mol. The van der Waals surface area contributed by atoms with Crippen LogP contribution in [0.1, 0.15) is 28.1 Å². The van der Waals surface area contributed by atoms with Gasteiger partial charge in [0.05, 0.1) is 5.56 Å². The second-order valence-electron chi connectivity index (χ2n) is 5.82. The molecule has 6 heteroatoms. The Balaban J connectivity index is 1.72. The summed E-state index contributed by atoms with van der Waals surface area (Å²) in [7, 11) is 0. The van der Waals surface area contributed by atoms with Gasteiger partial charge in [0.1, 0.15) is 5.65 Å². The van der Waals surface area contributed by atoms with Crippen molar-refractivity contribution in [2.45, 2.75) is 19.4 Å². The van der Waals surface area contributed by atoms with E-state index in [1.54, 1.807) is 23.7 Å². The lowest BCUT2D eigenvalue weighted by Gasteiger charge is -2.12. The third-order valence-corrected chi connectivity index (χ3v) is 5.36. The number of primary amides is 1. The Bertz CT molecular complexity index is 860. The van der Waals surface area contributed by atoms with Crippen LogP contribution in [0.2, 0.25) is 0 Å². The molecule has 5 nitrogen and oxygen atoms in total. The highest BCUT2D eigenvalue weighted by molar-refractivity contribution is 7.15. The molecule has 117 valence electrons. The van der Waals surface area contributed by atoms with E-state index in [0.717, 1.165) is 17.0 Å². The number of carbonyl (C=O) groups excluding carboxylic acids is 1. The number of aromatic nitrogens is 2. The van der Waals surface area contributed by atoms with Gasteiger partial charge < -0.3 is 10.7 Å². The smallest absolute Gasteiger partial charge is 0.250 e. The second kappa shape index (κ2) is 5.79. The van der Waals surface area contributed by atoms with E-state index in [-0.39, 0.29) is 0 Å². The number of nitrogens with two attached hydrogens (primary N) is 1. The lowest BCUT2D eigenvalue weighted by atomic mass is 10.1. The first-order valence-electron chi connectivity index (χ1n) is 7.71. The molecular formula is C17H17N4OS. The molecule has 1 fully saturated rings. The van der Waals surface area contributed by atoms with Crippen molar-refractivity contribution >= 4 is 28.3 Å². The van der Waals surface area contributed by atoms with Crippen molar-refractivity contribution in [3.63, 3.8) is 0 Å². The van der Waals surface area contributed by atoms with Crippen molar-refractivity contribution in [3.8, 4) is 10.4 Å². The van der Waals surface area contributed by atoms with E-state index in [1.165, 1.54) is 30.8 Å². The molecule has 0 saturated carbocycles. The number of nitrogens with one attached hydrogen (secondary N) is 1. The molecule has 3 aromatic heterocycles. The number of likely N-dealkylation sites (tertiary alicyclic amines) is 1. The number of H-pyrrole nitrogens is 1. The zero-order valence-corrected chi connectivity index (χ0v) is 13.4. The summed E-state index contributed by atoms with van der Waals surface area (Å²) >= 11 is 1.70. The molecule has 0 aliphatic carbocycles. The van der Waals surface area contributed by atoms with Gasteiger partial charge in [-0.2, -0.15) is 0 Å². The van der Waals surface area contributed by atoms with Gasteiger partial charge in [-0.3, -0.25) is 9.69 Å². The molecule has 4 heterocycles. The second-order valence-corrected chi connectivity index (χ2v) is 6.99. The summed E-state index contributed by atoms with van der Waals surface area (Å²) in [6, 6.07) is 7.21. The number of rotatable bonds is 4. The Labute approximate surface area is 138 Å². The van der Waals surface area contributed by atoms with Gasteiger partial charge in [-0.15, -0.1) is 11.3 Å². The first kappa shape index (κ1) is 14.4. The van der Waals surface area contributed by atoms with Crippen LogP contribution in [0.15, 0.2) is 24.5 Å². The van der Waals surface area contributed by atoms with Gasteiger partial charge in [-0.1, -0.05) is 0 Å². The van der Waals surface area contributed by atoms with Gasteiger partial charge in [0, 0.05) is 45.7 Å². The van der Waals surface area contributed by atoms with Crippen LogP contribution in [0.4, 0.5) is 0 Å². The van der Waals surface area contributed by atoms with Gasteiger partial charge in [0.25, 0.3) is 0 Å². The number of nitrogens with zero attached hydrogens (tertiary/aromatic N) is 2. The average molecular weight is 325 g/mol. The van der Waals surface area contributed by atoms with E-state index in [0.29, 0.717) is 16.6 Å². The van der Waals surface area contributed by atoms with Gasteiger partial charge >= 0.3 is 0 Å². The van der Waals surface area contributed by atoms with Crippen LogP contribution >= 0.6 is 11.3 Å². The Hall–Kier alpha value is -2.18. The molecule has 3 aromatic rings. The summed E-state index contributed by atoms with van der Waals surface area (Å²) in [5.41, 5.74) is 7.53. The van der Waals surface area contributed by atoms with E-state index in [9.17, 15) is 4.79 Å². The molecule has 3 N–H and O–H groups in total. The average Bonchev–Trinajstić information content (AvgIpc) is 3.27. The van der Waals surface area contributed by atoms with E-state index < -0.39 is 5.91 Å². The SMILES string of the molecule is NC(=O)c1c(-c2ccc(CN3CCCC3)s2)cnc2[nH]c[c]c12. The zero-order chi connectivity index (χ0) is 15.8. The van der Waals surface area contributed by atoms with Crippen LogP contribution in [0.5, 0.6) is 0 Å². The summed E-state index contributed by atoms with van der Waals surface area (Å²) in [6.07, 6.45) is 5.95. The molecule has 1 aliphatic heterocycles. The van der Waals surface area contributed by atoms with Crippen LogP contribution in [0, 0.1) is 6.07 Å². The molecule has 1 amide bonds. The number of hydrogen-bond acceptors (Lipinski definition) is 4. The molecule has 1 saturated heterocycles. The van der Waals surface area contributed by atoms with Crippen molar-refractivity contribution in [1.82, 2.24) is 14.9 Å². The third kappa shape index (κ3) is 2.64. The molecule has 0 bridgehead atoms. The van der Waals surface area contributed by atoms with Crippen molar-refractivity contribution in [1.29, 1.82) is 0 Å². The Morgan fingerprint density at radius 1 is 1.39 bits per heavy atom. The minimum Gasteiger partial charge on any atom is -0.366 e. The van der Waals surface area contributed by atoms with Gasteiger partial charge in [-0.25, -0.2) is 4.98 Å². The number of carbonyl (C=O) groups is 1. The topological polar surface area (TPSA) is 75.0 Å². The minimum absolute atomic E-state index is 0.447. The van der Waals surface area contributed by atoms with Crippen LogP contribution in [0.3, 0.4) is 0 Å². The molecule has 4 rings (SSSR count). The van der Waals surface area contributed by atoms with Crippen LogP contribution in [-0.2, 0) is 6.54 Å². The fourth-order valence-electron chi connectivity index (χ4n) is 3.15. The minimum atomic E-state index is -0.447. The quantitative estimate of drug-likeness (QED) is 0.774. The Kier molecular flexibility index (Phi) is 3.63. The van der Waals surface area contributed by atoms with E-state index in [4.69, 9.17) is 5.73 Å². The third-order valence-electron chi connectivity index (χ3n) is 4.26. The van der Waals surface area contributed by atoms with Crippen LogP contribution in [0.25, 0.3) is 21.5 Å². The van der Waals surface area contributed by atoms with Crippen LogP contribution in [-0.4, -0.2) is 33.9 Å². The van der Waals surface area contributed by atoms with Gasteiger partial charge in [-0.05, 0) is 38.1 Å². The molecule has 0 aromatic carbocycles. The molecule has 0 atom stereocenters. The highest BCUT2D eigenvalue weighted by atomic mass is 32.1. The summed E-state index contributed by atoms with van der Waals surface area (Å²) in [4.78, 5) is 24.1. The largest absolute Gasteiger partial charge is 0.366 e. The van der Waals surface area contributed by atoms with Crippen molar-refractivity contribution < 1.29 is 4.79 Å². The number of amides is 1. The normalized spacial score (nSPS) is 15.5. The van der Waals surface area contributed by atoms with Gasteiger partial charge in [0.15, 0.2) is 0 Å². The maximum Gasteiger partial charge on any atom is 0.250 e. The lowest BCUT2D eigenvalue weighted by Crippen LogP contribution is -2.17. The summed E-state index contributed by atoms with van der Waals surface area (Å²) in [5.74, 6) is -0.447. The maximum absolute atomic E-state index is 11.9. The molecule has 0 unspecified atom stereocenters. The number of thiophene rings is 1. The predicted molar refractivity (Wildman–Crippen MR) is 91.3 cm³/mol. The molecule has 1 aliphatic rings. The number of fused-ring (bicyclic) bond motifs is 1. The number of hydrogen-bond donors (Lipinski definition) is 2. The first-order chi connectivity index (χ1) is 11.2. The van der Waals surface area contributed by atoms with E-state index in [2.05, 4.69) is 33.1 Å². The molecule has 0 spiro atoms. The number of aromatic amines is 1. The van der Waals surface area contributed by atoms with Gasteiger partial charge in [0.2, 0.25) is 5.91 Å². The molecule has 1 radical (unpaired) electrons. The van der Waals surface area contributed by atoms with E-state index in [1.807, 2.05) is 0 Å². The highest BCUT2D eigenvalue weighted by Crippen LogP contribution is 2.33. The summed E-state index contributed by atoms with van der Waals surface area (Å²) in [5, 5.41) is 0.657. The van der Waals surface area contributed by atoms with E-state index >= 15 is 0 Å². The van der Waals surface area contributed by atoms with Crippen molar-refractivity contribution in [3.05, 3.63) is 41.0 Å². The lowest BCUT2D eigenvalue weighted by molar-refractivity contribution is 0.100. The Morgan fingerprint density at radius 2 is 2.22 bits per heavy atom. The van der Waals surface area contributed by atoms with Crippen molar-refractivity contribution in [2.24, 2.45) is 5.73 Å². The first-order valence-corrected chi connectivity index (χ1v) is 8.53. The zero-order valence-electron chi connectivity index (χ0n) is 12.6. The summed E-state index contributed by atoms with van der Waals surface area (Å²) in [6.45, 7) is 3.32. The maximum atomic E-state index is 11.9. The fourth-order valence-corrected chi connectivity index (χ4v) is 4.22. The monoisotopic (exact) mass is 325 g/mol. The van der Waals surface area contributed by atoms with Crippen molar-refractivity contribution in [2.75, 3.05) is 13.1 Å².